The van der Waals surface area contributed by atoms with E-state index in [1.807, 2.05) is 0 Å². The minimum Gasteiger partial charge on any atom is -0.466 e. The van der Waals surface area contributed by atoms with Gasteiger partial charge in [0.15, 0.2) is 0 Å². The maximum atomic E-state index is 12.0. The summed E-state index contributed by atoms with van der Waals surface area (Å²) in [6, 6.07) is 0. The Bertz CT molecular complexity index is 570. The van der Waals surface area contributed by atoms with Crippen molar-refractivity contribution in [3.8, 4) is 0 Å². The van der Waals surface area contributed by atoms with Crippen molar-refractivity contribution in [3.63, 3.8) is 0 Å². The van der Waals surface area contributed by atoms with E-state index in [1.165, 1.54) is 231 Å². The molecule has 0 aliphatic heterocycles. The second-order valence-electron chi connectivity index (χ2n) is 15.9. The minimum atomic E-state index is 0.0312. The minimum absolute atomic E-state index is 0.0312. The summed E-state index contributed by atoms with van der Waals surface area (Å²) in [6.07, 6.45) is 53.5. The van der Waals surface area contributed by atoms with E-state index in [0.29, 0.717) is 13.0 Å². The maximum Gasteiger partial charge on any atom is 0.305 e. The molecule has 47 heavy (non-hydrogen) atoms. The normalized spacial score (nSPS) is 11.6. The fourth-order valence-electron chi connectivity index (χ4n) is 7.09. The lowest BCUT2D eigenvalue weighted by atomic mass is 10.0. The summed E-state index contributed by atoms with van der Waals surface area (Å²) in [6.45, 7) is 7.60. The summed E-state index contributed by atoms with van der Waals surface area (Å²) in [5.74, 6) is 0.904. The Hall–Kier alpha value is -0.530. The van der Waals surface area contributed by atoms with Crippen LogP contribution >= 0.6 is 0 Å². The Morgan fingerprint density at radius 2 is 0.617 bits per heavy atom. The van der Waals surface area contributed by atoms with Crippen molar-refractivity contribution in [1.82, 2.24) is 0 Å². The molecule has 0 aliphatic carbocycles. The van der Waals surface area contributed by atoms with Crippen LogP contribution in [0.4, 0.5) is 0 Å². The number of carbonyl (C=O) groups is 1. The molecule has 0 unspecified atom stereocenters. The molecule has 0 N–H and O–H groups in total. The molecule has 0 aromatic rings. The van der Waals surface area contributed by atoms with E-state index in [2.05, 4.69) is 20.8 Å². The van der Waals surface area contributed by atoms with Crippen molar-refractivity contribution in [2.45, 2.75) is 271 Å². The number of carbonyl (C=O) groups excluding carboxylic acids is 1. The first kappa shape index (κ1) is 46.5. The van der Waals surface area contributed by atoms with Gasteiger partial charge in [0.1, 0.15) is 0 Å². The Morgan fingerprint density at radius 3 is 0.915 bits per heavy atom. The Kier molecular flexibility index (Phi) is 41.2. The van der Waals surface area contributed by atoms with E-state index >= 15 is 0 Å². The Morgan fingerprint density at radius 1 is 0.362 bits per heavy atom. The van der Waals surface area contributed by atoms with Gasteiger partial charge in [-0.3, -0.25) is 4.79 Å². The molecule has 0 fully saturated rings. The van der Waals surface area contributed by atoms with Gasteiger partial charge in [-0.05, 0) is 18.8 Å². The van der Waals surface area contributed by atoms with Crippen molar-refractivity contribution in [1.29, 1.82) is 0 Å². The summed E-state index contributed by atoms with van der Waals surface area (Å²) in [5.41, 5.74) is 0. The van der Waals surface area contributed by atoms with Crippen LogP contribution in [0.5, 0.6) is 0 Å². The van der Waals surface area contributed by atoms with Crippen LogP contribution < -0.4 is 0 Å². The lowest BCUT2D eigenvalue weighted by Crippen LogP contribution is -2.05. The molecule has 0 radical (unpaired) electrons. The molecule has 0 heterocycles. The van der Waals surface area contributed by atoms with E-state index in [1.54, 1.807) is 0 Å². The quantitative estimate of drug-likeness (QED) is 0.0481. The fraction of sp³-hybridized carbons (Fsp3) is 0.978. The smallest absolute Gasteiger partial charge is 0.305 e. The van der Waals surface area contributed by atoms with Gasteiger partial charge in [-0.1, -0.05) is 252 Å². The first-order chi connectivity index (χ1) is 23.2. The van der Waals surface area contributed by atoms with Gasteiger partial charge in [-0.2, -0.15) is 0 Å². The molecule has 0 saturated heterocycles. The molecule has 0 amide bonds. The maximum absolute atomic E-state index is 12.0. The van der Waals surface area contributed by atoms with Gasteiger partial charge < -0.3 is 4.74 Å². The zero-order valence-electron chi connectivity index (χ0n) is 33.2. The molecule has 0 atom stereocenters. The molecular formula is C45H90O2. The largest absolute Gasteiger partial charge is 0.466 e. The van der Waals surface area contributed by atoms with Crippen LogP contribution in [0, 0.1) is 5.92 Å². The van der Waals surface area contributed by atoms with Gasteiger partial charge in [0.25, 0.3) is 0 Å². The second-order valence-corrected chi connectivity index (χ2v) is 15.9. The van der Waals surface area contributed by atoms with Gasteiger partial charge in [0, 0.05) is 6.42 Å². The Labute approximate surface area is 298 Å². The van der Waals surface area contributed by atoms with Gasteiger partial charge in [-0.25, -0.2) is 0 Å². The molecule has 0 aromatic heterocycles. The van der Waals surface area contributed by atoms with Crippen molar-refractivity contribution in [3.05, 3.63) is 0 Å². The SMILES string of the molecule is CCCCCCCCCCCCCCCCCCCCCCCCCCC(=O)OCCCCCCCCCCCCCCCC(C)C. The molecule has 0 aromatic carbocycles. The number of unbranched alkanes of at least 4 members (excludes halogenated alkanes) is 35. The van der Waals surface area contributed by atoms with E-state index in [-0.39, 0.29) is 5.97 Å². The standard InChI is InChI=1S/C45H90O2/c1-4-5-6-7-8-9-10-11-12-13-14-15-16-17-18-19-20-21-24-27-30-33-36-39-42-45(46)47-43-40-37-34-31-28-25-22-23-26-29-32-35-38-41-44(2)3/h44H,4-43H2,1-3H3. The van der Waals surface area contributed by atoms with E-state index in [0.717, 1.165) is 18.8 Å². The monoisotopic (exact) mass is 663 g/mol. The predicted octanol–water partition coefficient (Wildman–Crippen LogP) is 16.4. The predicted molar refractivity (Wildman–Crippen MR) is 212 cm³/mol. The summed E-state index contributed by atoms with van der Waals surface area (Å²) in [5, 5.41) is 0. The average molecular weight is 663 g/mol. The molecule has 0 rings (SSSR count). The molecule has 0 aliphatic rings. The zero-order chi connectivity index (χ0) is 34.1. The van der Waals surface area contributed by atoms with Gasteiger partial charge in [0.05, 0.1) is 6.61 Å². The van der Waals surface area contributed by atoms with Crippen molar-refractivity contribution >= 4 is 5.97 Å². The molecule has 0 bridgehead atoms. The average Bonchev–Trinajstić information content (AvgIpc) is 3.06. The first-order valence-corrected chi connectivity index (χ1v) is 22.3. The highest BCUT2D eigenvalue weighted by Gasteiger charge is 2.03. The van der Waals surface area contributed by atoms with E-state index < -0.39 is 0 Å². The summed E-state index contributed by atoms with van der Waals surface area (Å²) in [7, 11) is 0. The van der Waals surface area contributed by atoms with E-state index in [9.17, 15) is 4.79 Å². The number of esters is 1. The summed E-state index contributed by atoms with van der Waals surface area (Å²) in [4.78, 5) is 12.0. The van der Waals surface area contributed by atoms with Crippen LogP contribution in [-0.2, 0) is 9.53 Å². The fourth-order valence-corrected chi connectivity index (χ4v) is 7.09. The number of rotatable bonds is 41. The van der Waals surface area contributed by atoms with Crippen LogP contribution in [0.25, 0.3) is 0 Å². The number of hydrogen-bond acceptors (Lipinski definition) is 2. The van der Waals surface area contributed by atoms with Crippen LogP contribution in [0.15, 0.2) is 0 Å². The number of hydrogen-bond donors (Lipinski definition) is 0. The molecular weight excluding hydrogens is 572 g/mol. The lowest BCUT2D eigenvalue weighted by molar-refractivity contribution is -0.143. The summed E-state index contributed by atoms with van der Waals surface area (Å²) < 4.78 is 5.47. The van der Waals surface area contributed by atoms with Crippen LogP contribution in [0.1, 0.15) is 271 Å². The number of ether oxygens (including phenoxy) is 1. The van der Waals surface area contributed by atoms with Crippen molar-refractivity contribution in [2.24, 2.45) is 5.92 Å². The third kappa shape index (κ3) is 43.4. The highest BCUT2D eigenvalue weighted by atomic mass is 16.5. The third-order valence-electron chi connectivity index (χ3n) is 10.4. The lowest BCUT2D eigenvalue weighted by Gasteiger charge is -2.06. The van der Waals surface area contributed by atoms with Gasteiger partial charge in [-0.15, -0.1) is 0 Å². The first-order valence-electron chi connectivity index (χ1n) is 22.3. The molecule has 282 valence electrons. The van der Waals surface area contributed by atoms with Gasteiger partial charge in [0.2, 0.25) is 0 Å². The van der Waals surface area contributed by atoms with Crippen LogP contribution in [-0.4, -0.2) is 12.6 Å². The van der Waals surface area contributed by atoms with Gasteiger partial charge >= 0.3 is 5.97 Å². The third-order valence-corrected chi connectivity index (χ3v) is 10.4. The molecule has 0 saturated carbocycles. The van der Waals surface area contributed by atoms with E-state index in [4.69, 9.17) is 4.74 Å². The second kappa shape index (κ2) is 41.6. The highest BCUT2D eigenvalue weighted by Crippen LogP contribution is 2.17. The molecule has 2 nitrogen and oxygen atoms in total. The zero-order valence-corrected chi connectivity index (χ0v) is 33.2. The van der Waals surface area contributed by atoms with Crippen molar-refractivity contribution in [2.75, 3.05) is 6.61 Å². The highest BCUT2D eigenvalue weighted by molar-refractivity contribution is 5.69. The van der Waals surface area contributed by atoms with Crippen molar-refractivity contribution < 1.29 is 9.53 Å². The molecule has 2 heteroatoms. The van der Waals surface area contributed by atoms with Crippen LogP contribution in [0.2, 0.25) is 0 Å². The van der Waals surface area contributed by atoms with Crippen LogP contribution in [0.3, 0.4) is 0 Å². The molecule has 0 spiro atoms. The topological polar surface area (TPSA) is 26.3 Å². The Balaban J connectivity index is 3.14. The summed E-state index contributed by atoms with van der Waals surface area (Å²) >= 11 is 0.